The largest absolute Gasteiger partial charge is 0.396 e. The molecule has 0 saturated carbocycles. The van der Waals surface area contributed by atoms with Crippen LogP contribution in [0, 0.1) is 5.82 Å². The van der Waals surface area contributed by atoms with Gasteiger partial charge >= 0.3 is 0 Å². The highest BCUT2D eigenvalue weighted by molar-refractivity contribution is 5.79. The molecule has 0 radical (unpaired) electrons. The van der Waals surface area contributed by atoms with Crippen LogP contribution in [0.4, 0.5) is 10.1 Å². The van der Waals surface area contributed by atoms with Gasteiger partial charge in [0.05, 0.1) is 11.7 Å². The fourth-order valence-corrected chi connectivity index (χ4v) is 2.44. The maximum Gasteiger partial charge on any atom is 0.234 e. The molecule has 1 heterocycles. The Morgan fingerprint density at radius 3 is 2.94 bits per heavy atom. The minimum atomic E-state index is -0.397. The van der Waals surface area contributed by atoms with E-state index >= 15 is 0 Å². The van der Waals surface area contributed by atoms with Crippen LogP contribution in [0.1, 0.15) is 24.8 Å². The maximum absolute atomic E-state index is 13.8. The number of hydrogen-bond donors (Lipinski definition) is 2. The molecule has 0 aromatic heterocycles. The van der Waals surface area contributed by atoms with E-state index < -0.39 is 5.82 Å². The van der Waals surface area contributed by atoms with E-state index in [1.165, 1.54) is 6.07 Å². The van der Waals surface area contributed by atoms with E-state index in [-0.39, 0.29) is 17.6 Å². The molecule has 1 aliphatic heterocycles. The number of piperidine rings is 1. The van der Waals surface area contributed by atoms with Gasteiger partial charge in [-0.25, -0.2) is 4.39 Å². The molecule has 1 aromatic rings. The fourth-order valence-electron chi connectivity index (χ4n) is 2.44. The van der Waals surface area contributed by atoms with Gasteiger partial charge in [-0.3, -0.25) is 9.69 Å². The molecule has 2 rings (SSSR count). The number of amides is 1. The van der Waals surface area contributed by atoms with Crippen LogP contribution in [-0.2, 0) is 11.3 Å². The lowest BCUT2D eigenvalue weighted by molar-refractivity contribution is -0.124. The first-order chi connectivity index (χ1) is 8.59. The summed E-state index contributed by atoms with van der Waals surface area (Å²) in [5.74, 6) is -0.731. The lowest BCUT2D eigenvalue weighted by Gasteiger charge is -2.33. The lowest BCUT2D eigenvalue weighted by Crippen LogP contribution is -2.47. The van der Waals surface area contributed by atoms with Crippen molar-refractivity contribution >= 4 is 11.6 Å². The average molecular weight is 251 g/mol. The molecule has 4 N–H and O–H groups in total. The van der Waals surface area contributed by atoms with Crippen LogP contribution in [0.25, 0.3) is 0 Å². The molecule has 1 aliphatic rings. The molecule has 98 valence electrons. The van der Waals surface area contributed by atoms with E-state index in [2.05, 4.69) is 0 Å². The highest BCUT2D eigenvalue weighted by Gasteiger charge is 2.27. The van der Waals surface area contributed by atoms with Gasteiger partial charge in [0.15, 0.2) is 5.82 Å². The lowest BCUT2D eigenvalue weighted by atomic mass is 10.0. The Labute approximate surface area is 106 Å². The van der Waals surface area contributed by atoms with Crippen molar-refractivity contribution in [1.82, 2.24) is 4.90 Å². The standard InChI is InChI=1S/C13H18FN3O/c14-12-9(4-3-5-10(12)15)8-17-7-2-1-6-11(17)13(16)18/h3-5,11H,1-2,6-8,15H2,(H2,16,18). The summed E-state index contributed by atoms with van der Waals surface area (Å²) in [5.41, 5.74) is 11.6. The molecule has 0 aliphatic carbocycles. The second-order valence-corrected chi connectivity index (χ2v) is 4.70. The third-order valence-electron chi connectivity index (χ3n) is 3.42. The SMILES string of the molecule is NC(=O)C1CCCCN1Cc1cccc(N)c1F. The summed E-state index contributed by atoms with van der Waals surface area (Å²) in [6.07, 6.45) is 2.75. The smallest absolute Gasteiger partial charge is 0.234 e. The van der Waals surface area contributed by atoms with Gasteiger partial charge in [0.2, 0.25) is 5.91 Å². The summed E-state index contributed by atoms with van der Waals surface area (Å²) < 4.78 is 13.8. The minimum absolute atomic E-state index is 0.139. The number of halogens is 1. The Morgan fingerprint density at radius 1 is 1.44 bits per heavy atom. The molecule has 0 bridgehead atoms. The van der Waals surface area contributed by atoms with Crippen LogP contribution in [0.3, 0.4) is 0 Å². The van der Waals surface area contributed by atoms with Crippen LogP contribution < -0.4 is 11.5 Å². The minimum Gasteiger partial charge on any atom is -0.396 e. The highest BCUT2D eigenvalue weighted by atomic mass is 19.1. The number of nitrogens with zero attached hydrogens (tertiary/aromatic N) is 1. The van der Waals surface area contributed by atoms with Crippen molar-refractivity contribution in [3.8, 4) is 0 Å². The number of rotatable bonds is 3. The number of nitrogen functional groups attached to an aromatic ring is 1. The Kier molecular flexibility index (Phi) is 3.81. The van der Waals surface area contributed by atoms with E-state index in [0.29, 0.717) is 12.1 Å². The van der Waals surface area contributed by atoms with E-state index in [9.17, 15) is 9.18 Å². The maximum atomic E-state index is 13.8. The zero-order chi connectivity index (χ0) is 13.1. The van der Waals surface area contributed by atoms with Crippen molar-refractivity contribution in [1.29, 1.82) is 0 Å². The predicted molar refractivity (Wildman–Crippen MR) is 68.1 cm³/mol. The Balaban J connectivity index is 2.16. The highest BCUT2D eigenvalue weighted by Crippen LogP contribution is 2.22. The second kappa shape index (κ2) is 5.35. The van der Waals surface area contributed by atoms with Gasteiger partial charge in [-0.05, 0) is 25.5 Å². The Morgan fingerprint density at radius 2 is 2.22 bits per heavy atom. The summed E-state index contributed by atoms with van der Waals surface area (Å²) in [6, 6.07) is 4.65. The number of primary amides is 1. The zero-order valence-corrected chi connectivity index (χ0v) is 10.2. The topological polar surface area (TPSA) is 72.4 Å². The molecule has 1 unspecified atom stereocenters. The number of nitrogens with two attached hydrogens (primary N) is 2. The van der Waals surface area contributed by atoms with E-state index in [4.69, 9.17) is 11.5 Å². The first kappa shape index (κ1) is 12.8. The molecule has 5 heteroatoms. The second-order valence-electron chi connectivity index (χ2n) is 4.70. The van der Waals surface area contributed by atoms with Crippen molar-refractivity contribution in [3.05, 3.63) is 29.6 Å². The van der Waals surface area contributed by atoms with Gasteiger partial charge in [0, 0.05) is 12.1 Å². The van der Waals surface area contributed by atoms with Gasteiger partial charge in [0.1, 0.15) is 0 Å². The summed E-state index contributed by atoms with van der Waals surface area (Å²) >= 11 is 0. The quantitative estimate of drug-likeness (QED) is 0.794. The van der Waals surface area contributed by atoms with Crippen LogP contribution in [0.15, 0.2) is 18.2 Å². The molecule has 0 spiro atoms. The van der Waals surface area contributed by atoms with E-state index in [0.717, 1.165) is 25.8 Å². The van der Waals surface area contributed by atoms with Crippen molar-refractivity contribution in [3.63, 3.8) is 0 Å². The monoisotopic (exact) mass is 251 g/mol. The van der Waals surface area contributed by atoms with Gasteiger partial charge in [-0.1, -0.05) is 18.6 Å². The molecule has 1 fully saturated rings. The molecule has 18 heavy (non-hydrogen) atoms. The fraction of sp³-hybridized carbons (Fsp3) is 0.462. The van der Waals surface area contributed by atoms with Crippen molar-refractivity contribution in [2.24, 2.45) is 5.73 Å². The van der Waals surface area contributed by atoms with Gasteiger partial charge in [-0.15, -0.1) is 0 Å². The van der Waals surface area contributed by atoms with Crippen LogP contribution in [-0.4, -0.2) is 23.4 Å². The van der Waals surface area contributed by atoms with Crippen molar-refractivity contribution in [2.45, 2.75) is 31.8 Å². The third-order valence-corrected chi connectivity index (χ3v) is 3.42. The number of carbonyl (C=O) groups is 1. The number of anilines is 1. The molecule has 1 saturated heterocycles. The molecule has 1 amide bonds. The first-order valence-electron chi connectivity index (χ1n) is 6.16. The predicted octanol–water partition coefficient (Wildman–Crippen LogP) is 1.25. The first-order valence-corrected chi connectivity index (χ1v) is 6.16. The summed E-state index contributed by atoms with van der Waals surface area (Å²) in [7, 11) is 0. The van der Waals surface area contributed by atoms with E-state index in [1.54, 1.807) is 12.1 Å². The van der Waals surface area contributed by atoms with Crippen molar-refractivity contribution in [2.75, 3.05) is 12.3 Å². The number of benzene rings is 1. The van der Waals surface area contributed by atoms with Gasteiger partial charge in [0.25, 0.3) is 0 Å². The average Bonchev–Trinajstić information content (AvgIpc) is 2.35. The molecular weight excluding hydrogens is 233 g/mol. The van der Waals surface area contributed by atoms with E-state index in [1.807, 2.05) is 4.90 Å². The van der Waals surface area contributed by atoms with Crippen LogP contribution in [0.5, 0.6) is 0 Å². The van der Waals surface area contributed by atoms with Gasteiger partial charge < -0.3 is 11.5 Å². The number of carbonyl (C=O) groups excluding carboxylic acids is 1. The summed E-state index contributed by atoms with van der Waals surface area (Å²) in [5, 5.41) is 0. The normalized spacial score (nSPS) is 20.8. The van der Waals surface area contributed by atoms with Crippen molar-refractivity contribution < 1.29 is 9.18 Å². The molecular formula is C13H18FN3O. The Bertz CT molecular complexity index is 450. The Hall–Kier alpha value is -1.62. The summed E-state index contributed by atoms with van der Waals surface area (Å²) in [6.45, 7) is 1.15. The zero-order valence-electron chi connectivity index (χ0n) is 10.2. The number of likely N-dealkylation sites (tertiary alicyclic amines) is 1. The third kappa shape index (κ3) is 2.61. The summed E-state index contributed by atoms with van der Waals surface area (Å²) in [4.78, 5) is 13.3. The van der Waals surface area contributed by atoms with Crippen LogP contribution in [0.2, 0.25) is 0 Å². The van der Waals surface area contributed by atoms with Crippen LogP contribution >= 0.6 is 0 Å². The number of hydrogen-bond acceptors (Lipinski definition) is 3. The molecule has 4 nitrogen and oxygen atoms in total. The van der Waals surface area contributed by atoms with Gasteiger partial charge in [-0.2, -0.15) is 0 Å². The molecule has 1 atom stereocenters. The molecule has 1 aromatic carbocycles.